The minimum absolute atomic E-state index is 0.258. The number of para-hydroxylation sites is 1. The van der Waals surface area contributed by atoms with Crippen LogP contribution in [0.2, 0.25) is 0 Å². The zero-order valence-electron chi connectivity index (χ0n) is 17.5. The number of aromatic nitrogens is 7. The summed E-state index contributed by atoms with van der Waals surface area (Å²) in [6.45, 7) is 0. The molecule has 3 heterocycles. The second kappa shape index (κ2) is 8.01. The number of hydrogen-bond acceptors (Lipinski definition) is 6. The van der Waals surface area contributed by atoms with Gasteiger partial charge in [-0.1, -0.05) is 58.8 Å². The zero-order valence-corrected chi connectivity index (χ0v) is 18.4. The molecule has 0 saturated heterocycles. The van der Waals surface area contributed by atoms with E-state index in [2.05, 4.69) is 20.4 Å². The topological polar surface area (TPSA) is 113 Å². The lowest BCUT2D eigenvalue weighted by Gasteiger charge is -2.01. The third-order valence-corrected chi connectivity index (χ3v) is 6.27. The van der Waals surface area contributed by atoms with E-state index < -0.39 is 5.56 Å². The second-order valence-corrected chi connectivity index (χ2v) is 8.49. The van der Waals surface area contributed by atoms with Crippen LogP contribution in [0, 0.1) is 0 Å². The summed E-state index contributed by atoms with van der Waals surface area (Å²) in [5.41, 5.74) is 1.67. The highest BCUT2D eigenvalue weighted by Gasteiger charge is 2.23. The Hall–Kier alpha value is -4.70. The molecule has 0 saturated carbocycles. The molecule has 6 aromatic rings. The van der Waals surface area contributed by atoms with E-state index in [1.807, 2.05) is 66.7 Å². The van der Waals surface area contributed by atoms with Gasteiger partial charge < -0.3 is 0 Å². The predicted molar refractivity (Wildman–Crippen MR) is 130 cm³/mol. The van der Waals surface area contributed by atoms with Crippen LogP contribution in [0.3, 0.4) is 0 Å². The molecule has 10 heteroatoms. The molecule has 0 aliphatic heterocycles. The van der Waals surface area contributed by atoms with Gasteiger partial charge in [-0.15, -0.1) is 0 Å². The molecule has 0 radical (unpaired) electrons. The Labute approximate surface area is 195 Å². The molecule has 9 nitrogen and oxygen atoms in total. The molecule has 0 fully saturated rings. The summed E-state index contributed by atoms with van der Waals surface area (Å²) >= 11 is 1.48. The SMILES string of the molecule is O=c1[nH][nH]c(=O)c2cc(-n3nc(/C=C/c4ccccc4)n[n+]3-c3nc4ccccc4s3)ccc12. The number of aromatic amines is 2. The van der Waals surface area contributed by atoms with Gasteiger partial charge in [-0.25, -0.2) is 0 Å². The van der Waals surface area contributed by atoms with Gasteiger partial charge in [0.25, 0.3) is 16.9 Å². The van der Waals surface area contributed by atoms with Crippen LogP contribution >= 0.6 is 11.3 Å². The fourth-order valence-electron chi connectivity index (χ4n) is 3.63. The van der Waals surface area contributed by atoms with Crippen molar-refractivity contribution in [2.45, 2.75) is 0 Å². The summed E-state index contributed by atoms with van der Waals surface area (Å²) in [7, 11) is 0. The van der Waals surface area contributed by atoms with Crippen molar-refractivity contribution in [1.82, 2.24) is 30.2 Å². The first-order chi connectivity index (χ1) is 16.7. The molecule has 0 unspecified atom stereocenters. The fourth-order valence-corrected chi connectivity index (χ4v) is 4.53. The maximum atomic E-state index is 12.4. The van der Waals surface area contributed by atoms with Crippen molar-refractivity contribution in [3.05, 3.63) is 105 Å². The third-order valence-electron chi connectivity index (χ3n) is 5.26. The van der Waals surface area contributed by atoms with E-state index in [-0.39, 0.29) is 10.9 Å². The van der Waals surface area contributed by atoms with Crippen molar-refractivity contribution in [2.24, 2.45) is 0 Å². The summed E-state index contributed by atoms with van der Waals surface area (Å²) in [5.74, 6) is 0.461. The largest absolute Gasteiger partial charge is 0.365 e. The van der Waals surface area contributed by atoms with E-state index in [9.17, 15) is 9.59 Å². The van der Waals surface area contributed by atoms with Crippen molar-refractivity contribution in [2.75, 3.05) is 0 Å². The number of nitrogens with zero attached hydrogens (tertiary/aromatic N) is 5. The maximum Gasteiger partial charge on any atom is 0.365 e. The Morgan fingerprint density at radius 3 is 2.44 bits per heavy atom. The van der Waals surface area contributed by atoms with E-state index in [0.29, 0.717) is 22.0 Å². The standard InChI is InChI=1S/C24H15N7O2S/c32-22-17-12-11-16(14-18(17)23(33)27-26-22)30-28-21(13-10-15-6-2-1-3-7-15)29-31(30)24-25-19-8-4-5-9-20(19)34-24/h1-14H,(H,28,29)/p+1/b13-10+. The second-order valence-electron chi connectivity index (χ2n) is 7.48. The Morgan fingerprint density at radius 1 is 0.853 bits per heavy atom. The molecule has 3 aromatic heterocycles. The Balaban J connectivity index is 1.54. The van der Waals surface area contributed by atoms with Crippen LogP contribution in [0.1, 0.15) is 11.4 Å². The summed E-state index contributed by atoms with van der Waals surface area (Å²) in [6.07, 6.45) is 3.74. The van der Waals surface area contributed by atoms with Gasteiger partial charge in [0.1, 0.15) is 5.69 Å². The Kier molecular flexibility index (Phi) is 4.70. The molecule has 6 rings (SSSR count). The molecule has 0 aliphatic rings. The van der Waals surface area contributed by atoms with Gasteiger partial charge in [0.15, 0.2) is 5.52 Å². The lowest BCUT2D eigenvalue weighted by Crippen LogP contribution is -2.43. The number of fused-ring (bicyclic) bond motifs is 2. The highest BCUT2D eigenvalue weighted by Crippen LogP contribution is 2.22. The Bertz CT molecular complexity index is 1780. The number of nitrogens with one attached hydrogen (secondary N) is 2. The summed E-state index contributed by atoms with van der Waals surface area (Å²) in [6, 6.07) is 22.6. The van der Waals surface area contributed by atoms with Crippen LogP contribution in [-0.2, 0) is 0 Å². The van der Waals surface area contributed by atoms with Crippen LogP contribution < -0.4 is 15.9 Å². The van der Waals surface area contributed by atoms with E-state index in [0.717, 1.165) is 15.8 Å². The van der Waals surface area contributed by atoms with Gasteiger partial charge in [-0.3, -0.25) is 19.8 Å². The summed E-state index contributed by atoms with van der Waals surface area (Å²) < 4.78 is 1.02. The first kappa shape index (κ1) is 19.9. The highest BCUT2D eigenvalue weighted by atomic mass is 32.1. The molecule has 3 aromatic carbocycles. The number of tetrazole rings is 1. The maximum absolute atomic E-state index is 12.4. The Morgan fingerprint density at radius 2 is 1.62 bits per heavy atom. The zero-order chi connectivity index (χ0) is 23.1. The quantitative estimate of drug-likeness (QED) is 0.388. The number of hydrogen-bond donors (Lipinski definition) is 2. The van der Waals surface area contributed by atoms with E-state index >= 15 is 0 Å². The highest BCUT2D eigenvalue weighted by molar-refractivity contribution is 7.20. The lowest BCUT2D eigenvalue weighted by atomic mass is 10.2. The summed E-state index contributed by atoms with van der Waals surface area (Å²) in [4.78, 5) is 32.3. The number of H-pyrrole nitrogens is 2. The molecule has 0 spiro atoms. The summed E-state index contributed by atoms with van der Waals surface area (Å²) in [5, 5.41) is 15.2. The van der Waals surface area contributed by atoms with Gasteiger partial charge in [0.05, 0.1) is 15.5 Å². The van der Waals surface area contributed by atoms with Crippen LogP contribution in [0.4, 0.5) is 0 Å². The van der Waals surface area contributed by atoms with Crippen molar-refractivity contribution in [1.29, 1.82) is 0 Å². The predicted octanol–water partition coefficient (Wildman–Crippen LogP) is 2.85. The molecular formula is C24H16N7O2S+. The van der Waals surface area contributed by atoms with E-state index in [4.69, 9.17) is 4.98 Å². The van der Waals surface area contributed by atoms with Gasteiger partial charge in [-0.05, 0) is 56.7 Å². The molecule has 2 N–H and O–H groups in total. The molecule has 0 atom stereocenters. The average Bonchev–Trinajstić information content (AvgIpc) is 3.50. The molecule has 0 bridgehead atoms. The molecule has 0 amide bonds. The molecular weight excluding hydrogens is 450 g/mol. The monoisotopic (exact) mass is 466 g/mol. The molecule has 164 valence electrons. The van der Waals surface area contributed by atoms with Gasteiger partial charge in [0.2, 0.25) is 0 Å². The first-order valence-electron chi connectivity index (χ1n) is 10.4. The van der Waals surface area contributed by atoms with Crippen LogP contribution in [-0.4, -0.2) is 30.2 Å². The number of thiazole rings is 1. The van der Waals surface area contributed by atoms with Crippen LogP contribution in [0.5, 0.6) is 0 Å². The normalized spacial score (nSPS) is 11.6. The molecule has 34 heavy (non-hydrogen) atoms. The number of rotatable bonds is 4. The number of benzene rings is 3. The first-order valence-corrected chi connectivity index (χ1v) is 11.2. The van der Waals surface area contributed by atoms with Crippen LogP contribution in [0.25, 0.3) is 44.0 Å². The van der Waals surface area contributed by atoms with Crippen LogP contribution in [0.15, 0.2) is 82.4 Å². The van der Waals surface area contributed by atoms with E-state index in [1.165, 1.54) is 11.3 Å². The smallest absolute Gasteiger partial charge is 0.267 e. The fraction of sp³-hybridized carbons (Fsp3) is 0. The minimum Gasteiger partial charge on any atom is -0.267 e. The lowest BCUT2D eigenvalue weighted by molar-refractivity contribution is -0.734. The van der Waals surface area contributed by atoms with Crippen molar-refractivity contribution in [3.8, 4) is 10.8 Å². The van der Waals surface area contributed by atoms with Crippen molar-refractivity contribution < 1.29 is 4.80 Å². The van der Waals surface area contributed by atoms with Gasteiger partial charge in [-0.2, -0.15) is 0 Å². The van der Waals surface area contributed by atoms with Crippen molar-refractivity contribution >= 4 is 44.5 Å². The van der Waals surface area contributed by atoms with Gasteiger partial charge >= 0.3 is 5.13 Å². The minimum atomic E-state index is -0.396. The van der Waals surface area contributed by atoms with Gasteiger partial charge in [0, 0.05) is 11.2 Å². The average molecular weight is 467 g/mol. The molecule has 0 aliphatic carbocycles. The van der Waals surface area contributed by atoms with E-state index in [1.54, 1.807) is 27.8 Å². The third kappa shape index (κ3) is 3.51. The van der Waals surface area contributed by atoms with Crippen molar-refractivity contribution in [3.63, 3.8) is 0 Å².